The zero-order chi connectivity index (χ0) is 16.1. The largest absolute Gasteiger partial charge is 0.387 e. The molecule has 0 atom stereocenters. The first kappa shape index (κ1) is 17.5. The summed E-state index contributed by atoms with van der Waals surface area (Å²) in [4.78, 5) is 11.8. The van der Waals surface area contributed by atoms with Gasteiger partial charge >= 0.3 is 0 Å². The van der Waals surface area contributed by atoms with Crippen LogP contribution in [-0.4, -0.2) is 33.5 Å². The van der Waals surface area contributed by atoms with Crippen molar-refractivity contribution in [2.45, 2.75) is 37.6 Å². The molecular formula is C14H23N3O3S. The van der Waals surface area contributed by atoms with Gasteiger partial charge in [-0.1, -0.05) is 12.1 Å². The molecule has 0 saturated carbocycles. The Kier molecular flexibility index (Phi) is 5.74. The molecule has 0 aliphatic heterocycles. The Morgan fingerprint density at radius 1 is 1.19 bits per heavy atom. The predicted octanol–water partition coefficient (Wildman–Crippen LogP) is 1.31. The predicted molar refractivity (Wildman–Crippen MR) is 83.7 cm³/mol. The summed E-state index contributed by atoms with van der Waals surface area (Å²) in [5, 5.41) is 5.62. The molecule has 1 rings (SSSR count). The van der Waals surface area contributed by atoms with Gasteiger partial charge in [0, 0.05) is 25.6 Å². The Balaban J connectivity index is 2.64. The molecule has 6 nitrogen and oxygen atoms in total. The maximum atomic E-state index is 12.2. The number of anilines is 1. The topological polar surface area (TPSA) is 87.3 Å². The molecule has 0 radical (unpaired) electrons. The van der Waals surface area contributed by atoms with Crippen LogP contribution in [0.1, 0.15) is 27.2 Å². The first-order valence-electron chi connectivity index (χ1n) is 6.73. The van der Waals surface area contributed by atoms with Gasteiger partial charge < -0.3 is 10.6 Å². The fraction of sp³-hybridized carbons (Fsp3) is 0.500. The third-order valence-corrected chi connectivity index (χ3v) is 4.12. The standard InChI is InChI=1S/C14H23N3O3S/c1-14(2,3)17-13(18)9-10-16-21(19,20)12-8-6-5-7-11(12)15-4/h5-8,15-16H,9-10H2,1-4H3,(H,17,18). The van der Waals surface area contributed by atoms with Crippen molar-refractivity contribution in [1.82, 2.24) is 10.0 Å². The molecule has 0 aliphatic rings. The molecule has 0 aromatic heterocycles. The van der Waals surface area contributed by atoms with Crippen molar-refractivity contribution in [3.63, 3.8) is 0 Å². The second kappa shape index (κ2) is 6.91. The van der Waals surface area contributed by atoms with Gasteiger partial charge in [0.25, 0.3) is 0 Å². The van der Waals surface area contributed by atoms with E-state index in [9.17, 15) is 13.2 Å². The van der Waals surface area contributed by atoms with Crippen molar-refractivity contribution < 1.29 is 13.2 Å². The van der Waals surface area contributed by atoms with E-state index in [0.717, 1.165) is 0 Å². The first-order chi connectivity index (χ1) is 9.65. The average Bonchev–Trinajstić information content (AvgIpc) is 2.36. The molecule has 0 spiro atoms. The van der Waals surface area contributed by atoms with E-state index in [1.165, 1.54) is 6.07 Å². The van der Waals surface area contributed by atoms with Crippen molar-refractivity contribution in [3.05, 3.63) is 24.3 Å². The lowest BCUT2D eigenvalue weighted by Gasteiger charge is -2.20. The highest BCUT2D eigenvalue weighted by molar-refractivity contribution is 7.89. The van der Waals surface area contributed by atoms with E-state index in [2.05, 4.69) is 15.4 Å². The number of benzene rings is 1. The van der Waals surface area contributed by atoms with Gasteiger partial charge in [-0.05, 0) is 32.9 Å². The number of sulfonamides is 1. The van der Waals surface area contributed by atoms with Crippen LogP contribution in [-0.2, 0) is 14.8 Å². The number of hydrogen-bond acceptors (Lipinski definition) is 4. The monoisotopic (exact) mass is 313 g/mol. The molecule has 7 heteroatoms. The van der Waals surface area contributed by atoms with E-state index in [-0.39, 0.29) is 29.3 Å². The van der Waals surface area contributed by atoms with Gasteiger partial charge in [0.05, 0.1) is 5.69 Å². The average molecular weight is 313 g/mol. The molecule has 1 aromatic carbocycles. The second-order valence-corrected chi connectivity index (χ2v) is 7.43. The van der Waals surface area contributed by atoms with E-state index in [4.69, 9.17) is 0 Å². The molecule has 1 amide bonds. The quantitative estimate of drug-likeness (QED) is 0.739. The zero-order valence-corrected chi connectivity index (χ0v) is 13.7. The Labute approximate surface area is 126 Å². The molecule has 118 valence electrons. The van der Waals surface area contributed by atoms with Gasteiger partial charge in [0.1, 0.15) is 4.90 Å². The van der Waals surface area contributed by atoms with Gasteiger partial charge in [0.15, 0.2) is 0 Å². The van der Waals surface area contributed by atoms with E-state index in [0.29, 0.717) is 5.69 Å². The number of hydrogen-bond donors (Lipinski definition) is 3. The van der Waals surface area contributed by atoms with Crippen LogP contribution in [0.15, 0.2) is 29.2 Å². The van der Waals surface area contributed by atoms with E-state index >= 15 is 0 Å². The van der Waals surface area contributed by atoms with E-state index < -0.39 is 10.0 Å². The summed E-state index contributed by atoms with van der Waals surface area (Å²) in [5.41, 5.74) is 0.193. The van der Waals surface area contributed by atoms with Crippen molar-refractivity contribution >= 4 is 21.6 Å². The van der Waals surface area contributed by atoms with E-state index in [1.807, 2.05) is 20.8 Å². The minimum absolute atomic E-state index is 0.0578. The highest BCUT2D eigenvalue weighted by Gasteiger charge is 2.18. The highest BCUT2D eigenvalue weighted by atomic mass is 32.2. The maximum absolute atomic E-state index is 12.2. The van der Waals surface area contributed by atoms with Gasteiger partial charge in [-0.3, -0.25) is 4.79 Å². The molecule has 0 saturated heterocycles. The Bertz CT molecular complexity index is 592. The summed E-state index contributed by atoms with van der Waals surface area (Å²) in [6.45, 7) is 5.68. The van der Waals surface area contributed by atoms with Gasteiger partial charge in [-0.25, -0.2) is 13.1 Å². The summed E-state index contributed by atoms with van der Waals surface area (Å²) >= 11 is 0. The smallest absolute Gasteiger partial charge is 0.242 e. The number of rotatable bonds is 6. The van der Waals surface area contributed by atoms with Gasteiger partial charge in [-0.15, -0.1) is 0 Å². The van der Waals surface area contributed by atoms with Crippen molar-refractivity contribution in [2.24, 2.45) is 0 Å². The molecule has 1 aromatic rings. The highest BCUT2D eigenvalue weighted by Crippen LogP contribution is 2.19. The summed E-state index contributed by atoms with van der Waals surface area (Å²) in [6.07, 6.45) is 0.0955. The van der Waals surface area contributed by atoms with E-state index in [1.54, 1.807) is 25.2 Å². The summed E-state index contributed by atoms with van der Waals surface area (Å²) in [5.74, 6) is -0.188. The third-order valence-electron chi connectivity index (χ3n) is 2.60. The van der Waals surface area contributed by atoms with Crippen LogP contribution in [0.25, 0.3) is 0 Å². The Morgan fingerprint density at radius 3 is 2.38 bits per heavy atom. The second-order valence-electron chi connectivity index (χ2n) is 5.69. The van der Waals surface area contributed by atoms with Gasteiger partial charge in [-0.2, -0.15) is 0 Å². The molecule has 0 heterocycles. The fourth-order valence-electron chi connectivity index (χ4n) is 1.76. The van der Waals surface area contributed by atoms with Crippen LogP contribution in [0.2, 0.25) is 0 Å². The van der Waals surface area contributed by atoms with Crippen molar-refractivity contribution in [1.29, 1.82) is 0 Å². The molecule has 0 unspecified atom stereocenters. The zero-order valence-electron chi connectivity index (χ0n) is 12.9. The number of para-hydroxylation sites is 1. The first-order valence-corrected chi connectivity index (χ1v) is 8.21. The lowest BCUT2D eigenvalue weighted by molar-refractivity contribution is -0.122. The SMILES string of the molecule is CNc1ccccc1S(=O)(=O)NCCC(=O)NC(C)(C)C. The molecule has 0 fully saturated rings. The lowest BCUT2D eigenvalue weighted by Crippen LogP contribution is -2.41. The fourth-order valence-corrected chi connectivity index (χ4v) is 3.01. The maximum Gasteiger partial charge on any atom is 0.242 e. The molecular weight excluding hydrogens is 290 g/mol. The molecule has 21 heavy (non-hydrogen) atoms. The minimum atomic E-state index is -3.63. The Morgan fingerprint density at radius 2 is 1.81 bits per heavy atom. The number of carbonyl (C=O) groups excluding carboxylic acids is 1. The van der Waals surface area contributed by atoms with Crippen LogP contribution in [0.3, 0.4) is 0 Å². The van der Waals surface area contributed by atoms with Crippen LogP contribution < -0.4 is 15.4 Å². The van der Waals surface area contributed by atoms with Crippen LogP contribution in [0.5, 0.6) is 0 Å². The van der Waals surface area contributed by atoms with Crippen molar-refractivity contribution in [2.75, 3.05) is 18.9 Å². The molecule has 0 aliphatic carbocycles. The molecule has 0 bridgehead atoms. The lowest BCUT2D eigenvalue weighted by atomic mass is 10.1. The Hall–Kier alpha value is -1.60. The number of carbonyl (C=O) groups is 1. The number of amides is 1. The molecule has 3 N–H and O–H groups in total. The summed E-state index contributed by atoms with van der Waals surface area (Å²) < 4.78 is 26.8. The number of nitrogens with one attached hydrogen (secondary N) is 3. The summed E-state index contributed by atoms with van der Waals surface area (Å²) in [7, 11) is -1.98. The van der Waals surface area contributed by atoms with Crippen LogP contribution in [0, 0.1) is 0 Å². The van der Waals surface area contributed by atoms with Crippen LogP contribution in [0.4, 0.5) is 5.69 Å². The summed E-state index contributed by atoms with van der Waals surface area (Å²) in [6, 6.07) is 6.60. The van der Waals surface area contributed by atoms with Gasteiger partial charge in [0.2, 0.25) is 15.9 Å². The van der Waals surface area contributed by atoms with Crippen molar-refractivity contribution in [3.8, 4) is 0 Å². The van der Waals surface area contributed by atoms with Crippen LogP contribution >= 0.6 is 0 Å². The normalized spacial score (nSPS) is 12.0. The minimum Gasteiger partial charge on any atom is -0.387 e. The third kappa shape index (κ3) is 5.73.